The fraction of sp³-hybridized carbons (Fsp3) is 0.320. The van der Waals surface area contributed by atoms with E-state index in [0.29, 0.717) is 17.9 Å². The number of benzene rings is 2. The minimum absolute atomic E-state index is 0.0253. The van der Waals surface area contributed by atoms with Crippen molar-refractivity contribution in [3.8, 4) is 11.3 Å². The van der Waals surface area contributed by atoms with E-state index in [2.05, 4.69) is 24.0 Å². The molecule has 3 aromatic rings. The second-order valence-electron chi connectivity index (χ2n) is 8.16. The standard InChI is InChI=1S/C25H26ClNO2S/c1-18(19-8-3-2-4-9-19)16-25-21(11-7-15-30(25,28)29)20-13-14-24(27-17-20)22-10-5-6-12-23(22)26/h2-6,8-10,12-14,17-18,21,25H,7,11,15-16H2,1H3/t18-,21?,25-/m0/s1. The molecule has 3 atom stereocenters. The van der Waals surface area contributed by atoms with Crippen LogP contribution in [0.3, 0.4) is 0 Å². The molecule has 0 aliphatic carbocycles. The average molecular weight is 440 g/mol. The van der Waals surface area contributed by atoms with Crippen molar-refractivity contribution < 1.29 is 8.42 Å². The highest BCUT2D eigenvalue weighted by Crippen LogP contribution is 2.39. The van der Waals surface area contributed by atoms with Gasteiger partial charge in [-0.25, -0.2) is 8.42 Å². The number of sulfone groups is 1. The Hall–Kier alpha value is -2.17. The van der Waals surface area contributed by atoms with Crippen molar-refractivity contribution in [1.82, 2.24) is 4.98 Å². The van der Waals surface area contributed by atoms with Crippen LogP contribution < -0.4 is 0 Å². The molecule has 1 unspecified atom stereocenters. The normalized spacial score (nSPS) is 21.8. The van der Waals surface area contributed by atoms with E-state index in [0.717, 1.165) is 23.2 Å². The van der Waals surface area contributed by atoms with Gasteiger partial charge >= 0.3 is 0 Å². The predicted octanol–water partition coefficient (Wildman–Crippen LogP) is 6.26. The maximum Gasteiger partial charge on any atom is 0.153 e. The SMILES string of the molecule is C[C@@H](C[C@H]1C(c2ccc(-c3ccccc3Cl)nc2)CCCS1(=O)=O)c1ccccc1. The first-order valence-corrected chi connectivity index (χ1v) is 12.5. The topological polar surface area (TPSA) is 47.0 Å². The van der Waals surface area contributed by atoms with Crippen molar-refractivity contribution in [1.29, 1.82) is 0 Å². The number of rotatable bonds is 5. The predicted molar refractivity (Wildman–Crippen MR) is 124 cm³/mol. The average Bonchev–Trinajstić information content (AvgIpc) is 2.76. The molecule has 4 rings (SSSR count). The Morgan fingerprint density at radius 3 is 2.47 bits per heavy atom. The van der Waals surface area contributed by atoms with E-state index in [1.54, 1.807) is 0 Å². The van der Waals surface area contributed by atoms with Crippen LogP contribution in [0.1, 0.15) is 49.1 Å². The van der Waals surface area contributed by atoms with Gasteiger partial charge in [0.1, 0.15) is 0 Å². The fourth-order valence-electron chi connectivity index (χ4n) is 4.50. The minimum Gasteiger partial charge on any atom is -0.256 e. The molecule has 0 spiro atoms. The fourth-order valence-corrected chi connectivity index (χ4v) is 6.98. The van der Waals surface area contributed by atoms with Gasteiger partial charge in [0.05, 0.1) is 16.7 Å². The monoisotopic (exact) mass is 439 g/mol. The van der Waals surface area contributed by atoms with Gasteiger partial charge in [-0.2, -0.15) is 0 Å². The van der Waals surface area contributed by atoms with Crippen LogP contribution in [0.15, 0.2) is 72.9 Å². The van der Waals surface area contributed by atoms with Gasteiger partial charge in [-0.05, 0) is 48.4 Å². The molecule has 30 heavy (non-hydrogen) atoms. The lowest BCUT2D eigenvalue weighted by molar-refractivity contribution is 0.466. The van der Waals surface area contributed by atoms with Gasteiger partial charge in [-0.1, -0.05) is 73.1 Å². The van der Waals surface area contributed by atoms with Crippen LogP contribution in [0.4, 0.5) is 0 Å². The largest absolute Gasteiger partial charge is 0.256 e. The van der Waals surface area contributed by atoms with Crippen LogP contribution in [0.2, 0.25) is 5.02 Å². The van der Waals surface area contributed by atoms with Gasteiger partial charge in [-0.3, -0.25) is 4.98 Å². The third kappa shape index (κ3) is 4.45. The Labute approximate surface area is 184 Å². The highest BCUT2D eigenvalue weighted by molar-refractivity contribution is 7.92. The molecule has 1 fully saturated rings. The van der Waals surface area contributed by atoms with E-state index in [1.807, 2.05) is 60.8 Å². The number of aromatic nitrogens is 1. The molecule has 0 radical (unpaired) electrons. The van der Waals surface area contributed by atoms with Gasteiger partial charge in [0, 0.05) is 22.7 Å². The molecule has 0 amide bonds. The maximum absolute atomic E-state index is 13.0. The number of hydrogen-bond acceptors (Lipinski definition) is 3. The number of halogens is 1. The number of nitrogens with zero attached hydrogens (tertiary/aromatic N) is 1. The Balaban J connectivity index is 1.61. The molecule has 0 N–H and O–H groups in total. The molecule has 2 aromatic carbocycles. The zero-order chi connectivity index (χ0) is 21.1. The van der Waals surface area contributed by atoms with Gasteiger partial charge in [0.15, 0.2) is 9.84 Å². The quantitative estimate of drug-likeness (QED) is 0.471. The van der Waals surface area contributed by atoms with Crippen LogP contribution in [0, 0.1) is 0 Å². The van der Waals surface area contributed by atoms with Gasteiger partial charge in [-0.15, -0.1) is 0 Å². The van der Waals surface area contributed by atoms with Crippen LogP contribution in [0.25, 0.3) is 11.3 Å². The van der Waals surface area contributed by atoms with Crippen molar-refractivity contribution in [2.24, 2.45) is 0 Å². The van der Waals surface area contributed by atoms with E-state index in [9.17, 15) is 8.42 Å². The Bertz CT molecular complexity index is 1100. The summed E-state index contributed by atoms with van der Waals surface area (Å²) in [5.74, 6) is 0.436. The van der Waals surface area contributed by atoms with Crippen molar-refractivity contribution in [3.63, 3.8) is 0 Å². The molecular formula is C25H26ClNO2S. The first kappa shape index (κ1) is 21.1. The highest BCUT2D eigenvalue weighted by Gasteiger charge is 2.38. The van der Waals surface area contributed by atoms with E-state index in [1.165, 1.54) is 5.56 Å². The van der Waals surface area contributed by atoms with Gasteiger partial charge in [0.2, 0.25) is 0 Å². The molecule has 2 heterocycles. The molecular weight excluding hydrogens is 414 g/mol. The first-order chi connectivity index (χ1) is 14.5. The van der Waals surface area contributed by atoms with E-state index >= 15 is 0 Å². The summed E-state index contributed by atoms with van der Waals surface area (Å²) in [5.41, 5.74) is 3.87. The van der Waals surface area contributed by atoms with Crippen molar-refractivity contribution in [3.05, 3.63) is 89.1 Å². The summed E-state index contributed by atoms with van der Waals surface area (Å²) >= 11 is 6.30. The van der Waals surface area contributed by atoms with Gasteiger partial charge < -0.3 is 0 Å². The van der Waals surface area contributed by atoms with E-state index in [-0.39, 0.29) is 22.8 Å². The van der Waals surface area contributed by atoms with E-state index in [4.69, 9.17) is 11.6 Å². The molecule has 5 heteroatoms. The summed E-state index contributed by atoms with van der Waals surface area (Å²) in [7, 11) is -3.14. The van der Waals surface area contributed by atoms with Crippen LogP contribution in [0.5, 0.6) is 0 Å². The third-order valence-corrected chi connectivity index (χ3v) is 8.80. The Morgan fingerprint density at radius 2 is 1.77 bits per heavy atom. The molecule has 156 valence electrons. The lowest BCUT2D eigenvalue weighted by Crippen LogP contribution is -2.36. The molecule has 1 aliphatic rings. The zero-order valence-corrected chi connectivity index (χ0v) is 18.6. The summed E-state index contributed by atoms with van der Waals surface area (Å²) in [4.78, 5) is 4.63. The highest BCUT2D eigenvalue weighted by atomic mass is 35.5. The number of hydrogen-bond donors (Lipinski definition) is 0. The third-order valence-electron chi connectivity index (χ3n) is 6.17. The molecule has 1 saturated heterocycles. The van der Waals surface area contributed by atoms with Crippen molar-refractivity contribution in [2.45, 2.75) is 43.3 Å². The molecule has 1 aromatic heterocycles. The summed E-state index contributed by atoms with van der Waals surface area (Å²) in [5, 5.41) is 0.280. The summed E-state index contributed by atoms with van der Waals surface area (Å²) in [6, 6.07) is 21.8. The van der Waals surface area contributed by atoms with Crippen LogP contribution >= 0.6 is 11.6 Å². The summed E-state index contributed by atoms with van der Waals surface area (Å²) in [6.07, 6.45) is 4.04. The summed E-state index contributed by atoms with van der Waals surface area (Å²) < 4.78 is 26.1. The molecule has 1 aliphatic heterocycles. The molecule has 0 bridgehead atoms. The van der Waals surface area contributed by atoms with Crippen molar-refractivity contribution >= 4 is 21.4 Å². The molecule has 0 saturated carbocycles. The Kier molecular flexibility index (Phi) is 6.26. The van der Waals surface area contributed by atoms with E-state index < -0.39 is 9.84 Å². The van der Waals surface area contributed by atoms with Gasteiger partial charge in [0.25, 0.3) is 0 Å². The summed E-state index contributed by atoms with van der Waals surface area (Å²) in [6.45, 7) is 2.12. The second kappa shape index (κ2) is 8.91. The zero-order valence-electron chi connectivity index (χ0n) is 17.0. The van der Waals surface area contributed by atoms with Crippen LogP contribution in [-0.2, 0) is 9.84 Å². The maximum atomic E-state index is 13.0. The Morgan fingerprint density at radius 1 is 1.03 bits per heavy atom. The smallest absolute Gasteiger partial charge is 0.153 e. The van der Waals surface area contributed by atoms with Crippen LogP contribution in [-0.4, -0.2) is 24.4 Å². The first-order valence-electron chi connectivity index (χ1n) is 10.4. The molecule has 3 nitrogen and oxygen atoms in total. The minimum atomic E-state index is -3.14. The lowest BCUT2D eigenvalue weighted by Gasteiger charge is -2.33. The lowest BCUT2D eigenvalue weighted by atomic mass is 9.85. The van der Waals surface area contributed by atoms with Crippen molar-refractivity contribution in [2.75, 3.05) is 5.75 Å². The second-order valence-corrected chi connectivity index (χ2v) is 10.9. The number of pyridine rings is 1.